The first-order valence-corrected chi connectivity index (χ1v) is 6.72. The van der Waals surface area contributed by atoms with Crippen molar-refractivity contribution >= 4 is 5.91 Å². The van der Waals surface area contributed by atoms with Gasteiger partial charge in [0.2, 0.25) is 5.91 Å². The average Bonchev–Trinajstić information content (AvgIpc) is 2.98. The minimum Gasteiger partial charge on any atom is -0.343 e. The number of piperidine rings is 1. The van der Waals surface area contributed by atoms with Crippen LogP contribution in [-0.4, -0.2) is 36.0 Å². The Morgan fingerprint density at radius 3 is 2.62 bits per heavy atom. The molecule has 2 rings (SSSR count). The van der Waals surface area contributed by atoms with E-state index in [4.69, 9.17) is 0 Å². The number of amides is 1. The highest BCUT2D eigenvalue weighted by molar-refractivity contribution is 5.73. The largest absolute Gasteiger partial charge is 0.343 e. The van der Waals surface area contributed by atoms with E-state index < -0.39 is 0 Å². The Labute approximate surface area is 98.6 Å². The smallest absolute Gasteiger partial charge is 0.219 e. The van der Waals surface area contributed by atoms with E-state index in [1.807, 2.05) is 4.90 Å². The highest BCUT2D eigenvalue weighted by Gasteiger charge is 2.37. The molecule has 92 valence electrons. The lowest BCUT2D eigenvalue weighted by molar-refractivity contribution is -0.129. The van der Waals surface area contributed by atoms with Crippen LogP contribution in [0.2, 0.25) is 0 Å². The summed E-state index contributed by atoms with van der Waals surface area (Å²) in [7, 11) is 0. The molecule has 3 nitrogen and oxygen atoms in total. The molecule has 2 atom stereocenters. The van der Waals surface area contributed by atoms with Gasteiger partial charge in [-0.3, -0.25) is 4.79 Å². The maximum Gasteiger partial charge on any atom is 0.219 e. The van der Waals surface area contributed by atoms with Gasteiger partial charge >= 0.3 is 0 Å². The molecule has 2 fully saturated rings. The molecule has 2 aliphatic rings. The molecule has 1 saturated heterocycles. The Morgan fingerprint density at radius 2 is 2.06 bits per heavy atom. The van der Waals surface area contributed by atoms with Gasteiger partial charge in [0.1, 0.15) is 0 Å². The maximum atomic E-state index is 11.2. The van der Waals surface area contributed by atoms with Gasteiger partial charge in [0.05, 0.1) is 0 Å². The quantitative estimate of drug-likeness (QED) is 0.789. The minimum atomic E-state index is 0.230. The van der Waals surface area contributed by atoms with Crippen LogP contribution in [0.1, 0.15) is 46.0 Å². The van der Waals surface area contributed by atoms with Crippen molar-refractivity contribution < 1.29 is 4.79 Å². The molecule has 0 aromatic heterocycles. The van der Waals surface area contributed by atoms with Gasteiger partial charge in [-0.2, -0.15) is 0 Å². The van der Waals surface area contributed by atoms with Crippen molar-refractivity contribution in [3.8, 4) is 0 Å². The van der Waals surface area contributed by atoms with Crippen molar-refractivity contribution in [3.63, 3.8) is 0 Å². The summed E-state index contributed by atoms with van der Waals surface area (Å²) in [5, 5.41) is 3.75. The fourth-order valence-electron chi connectivity index (χ4n) is 2.81. The van der Waals surface area contributed by atoms with Crippen LogP contribution in [0, 0.1) is 5.92 Å². The molecule has 16 heavy (non-hydrogen) atoms. The fraction of sp³-hybridized carbons (Fsp3) is 0.923. The van der Waals surface area contributed by atoms with Gasteiger partial charge < -0.3 is 10.2 Å². The summed E-state index contributed by atoms with van der Waals surface area (Å²) in [6.07, 6.45) is 6.33. The second kappa shape index (κ2) is 5.17. The van der Waals surface area contributed by atoms with Gasteiger partial charge in [0, 0.05) is 32.1 Å². The molecule has 1 heterocycles. The Bertz CT molecular complexity index is 246. The Kier molecular flexibility index (Phi) is 3.85. The van der Waals surface area contributed by atoms with Crippen molar-refractivity contribution in [2.24, 2.45) is 5.92 Å². The normalized spacial score (nSPS) is 30.5. The van der Waals surface area contributed by atoms with E-state index in [1.54, 1.807) is 6.92 Å². The van der Waals surface area contributed by atoms with Crippen molar-refractivity contribution in [1.29, 1.82) is 0 Å². The van der Waals surface area contributed by atoms with E-state index in [0.717, 1.165) is 37.9 Å². The van der Waals surface area contributed by atoms with Gasteiger partial charge in [0.15, 0.2) is 0 Å². The third kappa shape index (κ3) is 2.97. The lowest BCUT2D eigenvalue weighted by Crippen LogP contribution is -2.45. The standard InChI is InChI=1S/C13H24N2O/c1-3-4-11-9-13(11)14-12-5-7-15(8-6-12)10(2)16/h11-14H,3-9H2,1-2H3. The van der Waals surface area contributed by atoms with Crippen molar-refractivity contribution in [1.82, 2.24) is 10.2 Å². The molecule has 1 aliphatic carbocycles. The topological polar surface area (TPSA) is 32.3 Å². The SMILES string of the molecule is CCCC1CC1NC1CCN(C(C)=O)CC1. The Hall–Kier alpha value is -0.570. The molecule has 1 amide bonds. The summed E-state index contributed by atoms with van der Waals surface area (Å²) >= 11 is 0. The van der Waals surface area contributed by atoms with Crippen LogP contribution in [0.5, 0.6) is 0 Å². The van der Waals surface area contributed by atoms with Crippen molar-refractivity contribution in [2.45, 2.75) is 58.0 Å². The minimum absolute atomic E-state index is 0.230. The molecule has 0 spiro atoms. The van der Waals surface area contributed by atoms with Gasteiger partial charge in [0.25, 0.3) is 0 Å². The molecule has 0 aromatic carbocycles. The Morgan fingerprint density at radius 1 is 1.38 bits per heavy atom. The highest BCUT2D eigenvalue weighted by atomic mass is 16.2. The number of likely N-dealkylation sites (tertiary alicyclic amines) is 1. The van der Waals surface area contributed by atoms with Crippen LogP contribution >= 0.6 is 0 Å². The molecule has 1 saturated carbocycles. The van der Waals surface area contributed by atoms with Crippen LogP contribution in [0.15, 0.2) is 0 Å². The molecule has 1 aliphatic heterocycles. The summed E-state index contributed by atoms with van der Waals surface area (Å²) < 4.78 is 0. The number of nitrogens with zero attached hydrogens (tertiary/aromatic N) is 1. The predicted molar refractivity (Wildman–Crippen MR) is 65.2 cm³/mol. The first-order chi connectivity index (χ1) is 7.70. The van der Waals surface area contributed by atoms with Gasteiger partial charge in [-0.15, -0.1) is 0 Å². The number of rotatable bonds is 4. The second-order valence-corrected chi connectivity index (χ2v) is 5.34. The number of hydrogen-bond acceptors (Lipinski definition) is 2. The van der Waals surface area contributed by atoms with Crippen LogP contribution in [0.3, 0.4) is 0 Å². The predicted octanol–water partition coefficient (Wildman–Crippen LogP) is 1.78. The lowest BCUT2D eigenvalue weighted by atomic mass is 10.0. The molecule has 0 radical (unpaired) electrons. The van der Waals surface area contributed by atoms with Crippen molar-refractivity contribution in [2.75, 3.05) is 13.1 Å². The molecule has 0 bridgehead atoms. The van der Waals surface area contributed by atoms with Crippen LogP contribution in [0.4, 0.5) is 0 Å². The monoisotopic (exact) mass is 224 g/mol. The molecule has 0 aromatic rings. The van der Waals surface area contributed by atoms with Crippen LogP contribution < -0.4 is 5.32 Å². The number of carbonyl (C=O) groups is 1. The summed E-state index contributed by atoms with van der Waals surface area (Å²) in [6, 6.07) is 1.44. The van der Waals surface area contributed by atoms with E-state index >= 15 is 0 Å². The zero-order chi connectivity index (χ0) is 11.5. The number of hydrogen-bond donors (Lipinski definition) is 1. The number of carbonyl (C=O) groups excluding carboxylic acids is 1. The fourth-order valence-corrected chi connectivity index (χ4v) is 2.81. The third-order valence-corrected chi connectivity index (χ3v) is 3.97. The summed E-state index contributed by atoms with van der Waals surface area (Å²) in [5.41, 5.74) is 0. The van der Waals surface area contributed by atoms with E-state index in [2.05, 4.69) is 12.2 Å². The van der Waals surface area contributed by atoms with Gasteiger partial charge in [-0.1, -0.05) is 13.3 Å². The highest BCUT2D eigenvalue weighted by Crippen LogP contribution is 2.35. The molecule has 3 heteroatoms. The number of nitrogens with one attached hydrogen (secondary N) is 1. The van der Waals surface area contributed by atoms with Crippen LogP contribution in [-0.2, 0) is 4.79 Å². The molecular weight excluding hydrogens is 200 g/mol. The van der Waals surface area contributed by atoms with E-state index in [9.17, 15) is 4.79 Å². The molecule has 2 unspecified atom stereocenters. The zero-order valence-corrected chi connectivity index (χ0v) is 10.5. The summed E-state index contributed by atoms with van der Waals surface area (Å²) in [6.45, 7) is 5.82. The van der Waals surface area contributed by atoms with Gasteiger partial charge in [-0.05, 0) is 31.6 Å². The zero-order valence-electron chi connectivity index (χ0n) is 10.5. The maximum absolute atomic E-state index is 11.2. The Balaban J connectivity index is 1.65. The summed E-state index contributed by atoms with van der Waals surface area (Å²) in [4.78, 5) is 13.1. The average molecular weight is 224 g/mol. The third-order valence-electron chi connectivity index (χ3n) is 3.97. The van der Waals surface area contributed by atoms with Crippen molar-refractivity contribution in [3.05, 3.63) is 0 Å². The lowest BCUT2D eigenvalue weighted by Gasteiger charge is -2.32. The van der Waals surface area contributed by atoms with Gasteiger partial charge in [-0.25, -0.2) is 0 Å². The van der Waals surface area contributed by atoms with E-state index in [1.165, 1.54) is 19.3 Å². The first-order valence-electron chi connectivity index (χ1n) is 6.72. The second-order valence-electron chi connectivity index (χ2n) is 5.34. The van der Waals surface area contributed by atoms with E-state index in [0.29, 0.717) is 6.04 Å². The molecular formula is C13H24N2O. The summed E-state index contributed by atoms with van der Waals surface area (Å²) in [5.74, 6) is 1.17. The van der Waals surface area contributed by atoms with Crippen LogP contribution in [0.25, 0.3) is 0 Å². The first kappa shape index (κ1) is 11.9. The molecule has 1 N–H and O–H groups in total. The van der Waals surface area contributed by atoms with E-state index in [-0.39, 0.29) is 5.91 Å².